The molecule has 0 spiro atoms. The second-order valence-electron chi connectivity index (χ2n) is 21.0. The van der Waals surface area contributed by atoms with E-state index in [-0.39, 0.29) is 33.0 Å². The molecule has 81 heavy (non-hydrogen) atoms. The summed E-state index contributed by atoms with van der Waals surface area (Å²) in [7, 11) is -9.11. The average Bonchev–Trinajstić information content (AvgIpc) is 3.60. The number of nitrogens with zero attached hydrogens (tertiary/aromatic N) is 2. The Balaban J connectivity index is 1.50. The van der Waals surface area contributed by atoms with Gasteiger partial charge in [0.25, 0.3) is 25.8 Å². The molecule has 7 aromatic rings. The zero-order valence-electron chi connectivity index (χ0n) is 47.6. The molecular weight excluding hydrogens is 1090 g/mol. The number of ether oxygens (including phenoxy) is 5. The van der Waals surface area contributed by atoms with Crippen molar-refractivity contribution < 1.29 is 53.3 Å². The lowest BCUT2D eigenvalue weighted by Crippen LogP contribution is -2.57. The van der Waals surface area contributed by atoms with Crippen LogP contribution in [0.3, 0.4) is 0 Å². The van der Waals surface area contributed by atoms with Crippen molar-refractivity contribution >= 4 is 28.6 Å². The maximum atomic E-state index is 15.0. The Morgan fingerprint density at radius 1 is 0.543 bits per heavy atom. The van der Waals surface area contributed by atoms with E-state index in [0.717, 1.165) is 31.9 Å². The van der Waals surface area contributed by atoms with Crippen molar-refractivity contribution in [3.05, 3.63) is 224 Å². The van der Waals surface area contributed by atoms with E-state index in [0.29, 0.717) is 28.2 Å². The van der Waals surface area contributed by atoms with Gasteiger partial charge in [-0.1, -0.05) is 162 Å². The van der Waals surface area contributed by atoms with Crippen LogP contribution in [0.15, 0.2) is 189 Å². The molecule has 0 saturated carbocycles. The van der Waals surface area contributed by atoms with E-state index in [1.165, 1.54) is 30.5 Å². The van der Waals surface area contributed by atoms with Crippen LogP contribution < -0.4 is 20.7 Å². The van der Waals surface area contributed by atoms with Gasteiger partial charge in [-0.15, -0.1) is 0 Å². The third-order valence-electron chi connectivity index (χ3n) is 14.6. The van der Waals surface area contributed by atoms with Crippen LogP contribution in [-0.2, 0) is 66.2 Å². The lowest BCUT2D eigenvalue weighted by atomic mass is 9.79. The van der Waals surface area contributed by atoms with E-state index >= 15 is 4.79 Å². The summed E-state index contributed by atoms with van der Waals surface area (Å²) in [5.41, 5.74) is -1.19. The average molecular weight is 1160 g/mol. The minimum Gasteiger partial charge on any atom is -0.497 e. The highest BCUT2D eigenvalue weighted by molar-refractivity contribution is 7.87. The highest BCUT2D eigenvalue weighted by Gasteiger charge is 2.50. The Hall–Kier alpha value is -6.52. The highest BCUT2D eigenvalue weighted by atomic mass is 32.2. The van der Waals surface area contributed by atoms with Gasteiger partial charge >= 0.3 is 5.69 Å². The number of aryl methyl sites for hydroxylation is 2. The molecule has 19 heteroatoms. The first-order chi connectivity index (χ1) is 38.6. The SMILES string of the molecule is COc1ccc(C(OC[C@](CO[Si](C(C)C)(C(C)C)C(C)C)(COS(=O)(=O)c2ccc(C)cc2)OC(COS(=O)(=O)c2ccc(C)cc2)n2ccc(=O)n(COCc3ccccc3)c2=O)(c2ccccc2)c2ccc(OC)cc2)cc1. The second-order valence-corrected chi connectivity index (χ2v) is 29.7. The molecule has 2 atom stereocenters. The maximum Gasteiger partial charge on any atom is 0.335 e. The van der Waals surface area contributed by atoms with Crippen LogP contribution in [0, 0.1) is 13.8 Å². The van der Waals surface area contributed by atoms with Crippen LogP contribution in [-0.4, -0.2) is 80.5 Å². The van der Waals surface area contributed by atoms with Gasteiger partial charge in [-0.05, 0) is 101 Å². The molecular formula is C62H74N2O14S2Si. The van der Waals surface area contributed by atoms with E-state index in [4.69, 9.17) is 36.5 Å². The molecule has 0 saturated heterocycles. The summed E-state index contributed by atoms with van der Waals surface area (Å²) in [6.07, 6.45) is -0.627. The van der Waals surface area contributed by atoms with Gasteiger partial charge in [-0.2, -0.15) is 16.8 Å². The van der Waals surface area contributed by atoms with Gasteiger partial charge in [-0.3, -0.25) is 17.7 Å². The fourth-order valence-electron chi connectivity index (χ4n) is 10.3. The van der Waals surface area contributed by atoms with Crippen molar-refractivity contribution in [2.75, 3.05) is 40.6 Å². The van der Waals surface area contributed by atoms with Crippen LogP contribution in [0.25, 0.3) is 0 Å². The number of hydrogen-bond donors (Lipinski definition) is 0. The first-order valence-corrected chi connectivity index (χ1v) is 31.7. The van der Waals surface area contributed by atoms with Crippen molar-refractivity contribution in [1.29, 1.82) is 0 Å². The predicted molar refractivity (Wildman–Crippen MR) is 313 cm³/mol. The van der Waals surface area contributed by atoms with Gasteiger partial charge in [0.15, 0.2) is 14.5 Å². The molecule has 1 unspecified atom stereocenters. The molecule has 6 aromatic carbocycles. The Bertz CT molecular complexity index is 3420. The van der Waals surface area contributed by atoms with Crippen molar-refractivity contribution in [2.45, 2.75) is 113 Å². The first-order valence-electron chi connectivity index (χ1n) is 26.8. The van der Waals surface area contributed by atoms with Crippen LogP contribution in [0.4, 0.5) is 0 Å². The van der Waals surface area contributed by atoms with Gasteiger partial charge in [-0.25, -0.2) is 9.36 Å². The van der Waals surface area contributed by atoms with Gasteiger partial charge < -0.3 is 28.1 Å². The molecule has 0 aliphatic heterocycles. The fourth-order valence-corrected chi connectivity index (χ4v) is 17.7. The Labute approximate surface area is 477 Å². The molecule has 0 fully saturated rings. The molecule has 0 bridgehead atoms. The molecule has 432 valence electrons. The summed E-state index contributed by atoms with van der Waals surface area (Å²) in [5, 5.41) is 0. The molecule has 16 nitrogen and oxygen atoms in total. The van der Waals surface area contributed by atoms with Gasteiger partial charge in [0.05, 0.1) is 43.8 Å². The van der Waals surface area contributed by atoms with E-state index in [1.807, 2.05) is 98.8 Å². The number of rotatable bonds is 29. The number of hydrogen-bond acceptors (Lipinski definition) is 14. The van der Waals surface area contributed by atoms with Crippen LogP contribution in [0.2, 0.25) is 16.6 Å². The van der Waals surface area contributed by atoms with Gasteiger partial charge in [0, 0.05) is 12.3 Å². The number of benzene rings is 6. The topological polar surface area (TPSA) is 186 Å². The third-order valence-corrected chi connectivity index (χ3v) is 23.2. The summed E-state index contributed by atoms with van der Waals surface area (Å²) < 4.78 is 111. The number of aromatic nitrogens is 2. The zero-order chi connectivity index (χ0) is 58.6. The summed E-state index contributed by atoms with van der Waals surface area (Å²) in [4.78, 5) is 28.4. The molecule has 1 aromatic heterocycles. The highest BCUT2D eigenvalue weighted by Crippen LogP contribution is 2.46. The Morgan fingerprint density at radius 3 is 1.49 bits per heavy atom. The fraction of sp³-hybridized carbons (Fsp3) is 0.355. The zero-order valence-corrected chi connectivity index (χ0v) is 50.3. The van der Waals surface area contributed by atoms with Gasteiger partial charge in [0.2, 0.25) is 0 Å². The molecule has 0 aliphatic carbocycles. The minimum atomic E-state index is -4.63. The normalized spacial score (nSPS) is 13.6. The monoisotopic (exact) mass is 1160 g/mol. The predicted octanol–water partition coefficient (Wildman–Crippen LogP) is 11.1. The quantitative estimate of drug-likeness (QED) is 0.0245. The second kappa shape index (κ2) is 27.0. The minimum absolute atomic E-state index is 0.0174. The van der Waals surface area contributed by atoms with Crippen molar-refractivity contribution in [1.82, 2.24) is 9.13 Å². The third kappa shape index (κ3) is 14.6. The standard InChI is InChI=1S/C62H74N2O14S2Si/c1-45(2)81(46(3)4,47(5)6)77-43-61(42-76-80(69,70)57-35-23-49(8)24-36-57,41-74-62(51-19-15-12-16-20-51,52-25-29-54(71-9)30-26-52)53-27-31-55(72-10)32-28-53)78-59(40-75-79(67,68)56-33-21-48(7)22-34-56)63-38-37-58(65)64(60(63)66)44-73-39-50-17-13-11-14-18-50/h11-38,45-47,59H,39-44H2,1-10H3/t59?,61-/m1/s1. The van der Waals surface area contributed by atoms with E-state index in [1.54, 1.807) is 62.8 Å². The maximum absolute atomic E-state index is 15.0. The molecule has 0 N–H and O–H groups in total. The van der Waals surface area contributed by atoms with Crippen LogP contribution in [0.5, 0.6) is 11.5 Å². The van der Waals surface area contributed by atoms with E-state index < -0.39 is 90.4 Å². The van der Waals surface area contributed by atoms with E-state index in [9.17, 15) is 21.6 Å². The Kier molecular flexibility index (Phi) is 20.7. The summed E-state index contributed by atoms with van der Waals surface area (Å²) in [6, 6.07) is 46.5. The Morgan fingerprint density at radius 2 is 1.01 bits per heavy atom. The number of methoxy groups -OCH3 is 2. The van der Waals surface area contributed by atoms with E-state index in [2.05, 4.69) is 41.5 Å². The lowest BCUT2D eigenvalue weighted by Gasteiger charge is -2.46. The van der Waals surface area contributed by atoms with Gasteiger partial charge in [0.1, 0.15) is 42.6 Å². The van der Waals surface area contributed by atoms with Crippen molar-refractivity contribution in [3.63, 3.8) is 0 Å². The molecule has 0 aliphatic rings. The lowest BCUT2D eigenvalue weighted by molar-refractivity contribution is -0.207. The summed E-state index contributed by atoms with van der Waals surface area (Å²) >= 11 is 0. The molecule has 0 amide bonds. The largest absolute Gasteiger partial charge is 0.497 e. The smallest absolute Gasteiger partial charge is 0.335 e. The molecule has 1 heterocycles. The summed E-state index contributed by atoms with van der Waals surface area (Å²) in [5.74, 6) is 1.13. The van der Waals surface area contributed by atoms with Crippen LogP contribution >= 0.6 is 0 Å². The molecule has 0 radical (unpaired) electrons. The van der Waals surface area contributed by atoms with Crippen molar-refractivity contribution in [3.8, 4) is 11.5 Å². The first kappa shape index (κ1) is 62.1. The van der Waals surface area contributed by atoms with Crippen LogP contribution in [0.1, 0.15) is 81.2 Å². The summed E-state index contributed by atoms with van der Waals surface area (Å²) in [6.45, 7) is 13.0. The molecule has 7 rings (SSSR count). The van der Waals surface area contributed by atoms with Crippen molar-refractivity contribution in [2.24, 2.45) is 0 Å².